The SMILES string of the molecule is CSC1(CNS(=O)(=O)c2ccc(F)c(C#N)c2)CCC1. The normalized spacial score (nSPS) is 17.2. The number of thioether (sulfide) groups is 1. The van der Waals surface area contributed by atoms with Gasteiger partial charge >= 0.3 is 0 Å². The van der Waals surface area contributed by atoms with Crippen molar-refractivity contribution in [1.82, 2.24) is 4.72 Å². The second-order valence-corrected chi connectivity index (χ2v) is 7.86. The van der Waals surface area contributed by atoms with Gasteiger partial charge in [-0.1, -0.05) is 6.42 Å². The van der Waals surface area contributed by atoms with Crippen LogP contribution in [0, 0.1) is 17.1 Å². The van der Waals surface area contributed by atoms with Crippen LogP contribution in [-0.2, 0) is 10.0 Å². The van der Waals surface area contributed by atoms with Gasteiger partial charge in [0.2, 0.25) is 10.0 Å². The van der Waals surface area contributed by atoms with E-state index in [1.807, 2.05) is 6.26 Å². The van der Waals surface area contributed by atoms with Crippen molar-refractivity contribution in [3.63, 3.8) is 0 Å². The van der Waals surface area contributed by atoms with Crippen LogP contribution >= 0.6 is 11.8 Å². The Bertz CT molecular complexity index is 643. The maximum absolute atomic E-state index is 13.2. The summed E-state index contributed by atoms with van der Waals surface area (Å²) in [4.78, 5) is -0.0778. The molecule has 0 heterocycles. The molecule has 0 saturated heterocycles. The predicted octanol–water partition coefficient (Wildman–Crippen LogP) is 2.26. The number of benzene rings is 1. The van der Waals surface area contributed by atoms with Crippen molar-refractivity contribution >= 4 is 21.8 Å². The van der Waals surface area contributed by atoms with Gasteiger partial charge in [0.15, 0.2) is 0 Å². The Balaban J connectivity index is 2.16. The lowest BCUT2D eigenvalue weighted by Gasteiger charge is -2.40. The van der Waals surface area contributed by atoms with E-state index < -0.39 is 15.8 Å². The van der Waals surface area contributed by atoms with Gasteiger partial charge in [0, 0.05) is 11.3 Å². The summed E-state index contributed by atoms with van der Waals surface area (Å²) in [6.07, 6.45) is 5.06. The molecule has 0 unspecified atom stereocenters. The number of halogens is 1. The van der Waals surface area contributed by atoms with Gasteiger partial charge in [-0.2, -0.15) is 17.0 Å². The zero-order chi connectivity index (χ0) is 14.8. The highest BCUT2D eigenvalue weighted by molar-refractivity contribution is 8.00. The fourth-order valence-electron chi connectivity index (χ4n) is 2.09. The Hall–Kier alpha value is -1.10. The fourth-order valence-corrected chi connectivity index (χ4v) is 4.25. The highest BCUT2D eigenvalue weighted by Gasteiger charge is 2.37. The van der Waals surface area contributed by atoms with Crippen LogP contribution in [0.15, 0.2) is 23.1 Å². The van der Waals surface area contributed by atoms with Crippen LogP contribution in [0.4, 0.5) is 4.39 Å². The van der Waals surface area contributed by atoms with Gasteiger partial charge in [-0.05, 0) is 37.3 Å². The molecule has 20 heavy (non-hydrogen) atoms. The molecule has 0 bridgehead atoms. The predicted molar refractivity (Wildman–Crippen MR) is 76.4 cm³/mol. The number of nitrogens with one attached hydrogen (secondary N) is 1. The van der Waals surface area contributed by atoms with Gasteiger partial charge in [-0.25, -0.2) is 17.5 Å². The van der Waals surface area contributed by atoms with E-state index in [2.05, 4.69) is 4.72 Å². The lowest BCUT2D eigenvalue weighted by Crippen LogP contribution is -2.45. The second kappa shape index (κ2) is 5.72. The van der Waals surface area contributed by atoms with Crippen molar-refractivity contribution in [1.29, 1.82) is 5.26 Å². The summed E-state index contributed by atoms with van der Waals surface area (Å²) in [6.45, 7) is 0.357. The zero-order valence-electron chi connectivity index (χ0n) is 11.0. The first-order valence-electron chi connectivity index (χ1n) is 6.17. The van der Waals surface area contributed by atoms with E-state index in [0.29, 0.717) is 6.54 Å². The summed E-state index contributed by atoms with van der Waals surface area (Å²) in [5.74, 6) is -0.717. The number of rotatable bonds is 5. The number of nitriles is 1. The summed E-state index contributed by atoms with van der Waals surface area (Å²) in [5, 5.41) is 8.74. The Labute approximate surface area is 122 Å². The fraction of sp³-hybridized carbons (Fsp3) is 0.462. The standard InChI is InChI=1S/C13H15FN2O2S2/c1-19-13(5-2-6-13)9-16-20(17,18)11-3-4-12(14)10(7-11)8-15/h3-4,7,16H,2,5-6,9H2,1H3. The maximum Gasteiger partial charge on any atom is 0.240 e. The molecule has 1 saturated carbocycles. The molecule has 1 aliphatic carbocycles. The molecule has 0 radical (unpaired) electrons. The molecule has 4 nitrogen and oxygen atoms in total. The molecular weight excluding hydrogens is 299 g/mol. The van der Waals surface area contributed by atoms with Crippen molar-refractivity contribution in [3.8, 4) is 6.07 Å². The van der Waals surface area contributed by atoms with Crippen LogP contribution in [-0.4, -0.2) is 26.0 Å². The topological polar surface area (TPSA) is 70.0 Å². The minimum Gasteiger partial charge on any atom is -0.210 e. The highest BCUT2D eigenvalue weighted by Crippen LogP contribution is 2.42. The molecule has 1 fully saturated rings. The monoisotopic (exact) mass is 314 g/mol. The van der Waals surface area contributed by atoms with E-state index in [-0.39, 0.29) is 15.2 Å². The van der Waals surface area contributed by atoms with E-state index in [9.17, 15) is 12.8 Å². The van der Waals surface area contributed by atoms with Crippen molar-refractivity contribution in [2.24, 2.45) is 0 Å². The van der Waals surface area contributed by atoms with E-state index in [1.165, 1.54) is 6.07 Å². The first-order valence-corrected chi connectivity index (χ1v) is 8.88. The lowest BCUT2D eigenvalue weighted by molar-refractivity contribution is 0.362. The summed E-state index contributed by atoms with van der Waals surface area (Å²) in [7, 11) is -3.71. The summed E-state index contributed by atoms with van der Waals surface area (Å²) in [5.41, 5.74) is -0.268. The smallest absolute Gasteiger partial charge is 0.210 e. The number of hydrogen-bond acceptors (Lipinski definition) is 4. The number of nitrogens with zero attached hydrogens (tertiary/aromatic N) is 1. The number of hydrogen-bond donors (Lipinski definition) is 1. The quantitative estimate of drug-likeness (QED) is 0.905. The zero-order valence-corrected chi connectivity index (χ0v) is 12.7. The van der Waals surface area contributed by atoms with Crippen molar-refractivity contribution in [2.45, 2.75) is 28.9 Å². The van der Waals surface area contributed by atoms with Crippen molar-refractivity contribution in [3.05, 3.63) is 29.6 Å². The van der Waals surface area contributed by atoms with Crippen LogP contribution in [0.3, 0.4) is 0 Å². The van der Waals surface area contributed by atoms with E-state index >= 15 is 0 Å². The number of sulfonamides is 1. The Kier molecular flexibility index (Phi) is 4.37. The maximum atomic E-state index is 13.2. The molecule has 2 rings (SSSR count). The van der Waals surface area contributed by atoms with E-state index in [1.54, 1.807) is 17.8 Å². The van der Waals surface area contributed by atoms with Gasteiger partial charge in [0.1, 0.15) is 11.9 Å². The molecule has 0 spiro atoms. The summed E-state index contributed by atoms with van der Waals surface area (Å²) >= 11 is 1.67. The largest absolute Gasteiger partial charge is 0.240 e. The molecule has 0 aromatic heterocycles. The third kappa shape index (κ3) is 2.97. The molecule has 1 aromatic carbocycles. The van der Waals surface area contributed by atoms with E-state index in [0.717, 1.165) is 31.4 Å². The Morgan fingerprint density at radius 1 is 1.50 bits per heavy atom. The molecule has 108 valence electrons. The van der Waals surface area contributed by atoms with Crippen LogP contribution in [0.1, 0.15) is 24.8 Å². The molecule has 1 aliphatic rings. The van der Waals surface area contributed by atoms with Gasteiger partial charge in [-0.3, -0.25) is 0 Å². The molecule has 0 aliphatic heterocycles. The van der Waals surface area contributed by atoms with Crippen LogP contribution < -0.4 is 4.72 Å². The van der Waals surface area contributed by atoms with Gasteiger partial charge < -0.3 is 0 Å². The summed E-state index contributed by atoms with van der Waals surface area (Å²) < 4.78 is 40.1. The molecule has 7 heteroatoms. The average Bonchev–Trinajstić information content (AvgIpc) is 2.38. The van der Waals surface area contributed by atoms with Gasteiger partial charge in [-0.15, -0.1) is 0 Å². The van der Waals surface area contributed by atoms with Crippen LogP contribution in [0.5, 0.6) is 0 Å². The second-order valence-electron chi connectivity index (χ2n) is 4.82. The van der Waals surface area contributed by atoms with E-state index in [4.69, 9.17) is 5.26 Å². The van der Waals surface area contributed by atoms with Crippen LogP contribution in [0.25, 0.3) is 0 Å². The van der Waals surface area contributed by atoms with Gasteiger partial charge in [0.05, 0.1) is 10.5 Å². The van der Waals surface area contributed by atoms with Gasteiger partial charge in [0.25, 0.3) is 0 Å². The molecule has 1 N–H and O–H groups in total. The highest BCUT2D eigenvalue weighted by atomic mass is 32.2. The summed E-state index contributed by atoms with van der Waals surface area (Å²) in [6, 6.07) is 4.87. The Morgan fingerprint density at radius 2 is 2.20 bits per heavy atom. The lowest BCUT2D eigenvalue weighted by atomic mass is 9.84. The van der Waals surface area contributed by atoms with Crippen molar-refractivity contribution < 1.29 is 12.8 Å². The van der Waals surface area contributed by atoms with Crippen molar-refractivity contribution in [2.75, 3.05) is 12.8 Å². The third-order valence-electron chi connectivity index (χ3n) is 3.65. The molecule has 0 amide bonds. The average molecular weight is 314 g/mol. The first kappa shape index (κ1) is 15.3. The van der Waals surface area contributed by atoms with Crippen LogP contribution in [0.2, 0.25) is 0 Å². The molecule has 0 atom stereocenters. The minimum absolute atomic E-state index is 0.0227. The Morgan fingerprint density at radius 3 is 2.70 bits per heavy atom. The minimum atomic E-state index is -3.71. The first-order chi connectivity index (χ1) is 9.42. The third-order valence-corrected chi connectivity index (χ3v) is 6.47. The molecular formula is C13H15FN2O2S2. The molecule has 1 aromatic rings.